The van der Waals surface area contributed by atoms with Crippen LogP contribution in [0, 0.1) is 12.8 Å². The van der Waals surface area contributed by atoms with Crippen LogP contribution in [0.1, 0.15) is 23.7 Å². The van der Waals surface area contributed by atoms with Gasteiger partial charge in [-0.3, -0.25) is 0 Å². The highest BCUT2D eigenvalue weighted by atomic mass is 79.9. The second-order valence-electron chi connectivity index (χ2n) is 5.05. The Hall–Kier alpha value is -0.710. The van der Waals surface area contributed by atoms with E-state index in [-0.39, 0.29) is 0 Å². The van der Waals surface area contributed by atoms with Crippen LogP contribution >= 0.6 is 27.3 Å². The Balaban J connectivity index is 2.12. The summed E-state index contributed by atoms with van der Waals surface area (Å²) < 4.78 is 1.09. The van der Waals surface area contributed by atoms with Gasteiger partial charge in [0.15, 0.2) is 0 Å². The predicted molar refractivity (Wildman–Crippen MR) is 86.5 cm³/mol. The fourth-order valence-corrected chi connectivity index (χ4v) is 3.22. The molecule has 0 bridgehead atoms. The lowest BCUT2D eigenvalue weighted by Gasteiger charge is -2.04. The molecule has 0 spiro atoms. The van der Waals surface area contributed by atoms with Gasteiger partial charge in [-0.25, -0.2) is 4.98 Å². The van der Waals surface area contributed by atoms with Gasteiger partial charge >= 0.3 is 0 Å². The lowest BCUT2D eigenvalue weighted by molar-refractivity contribution is 0.551. The summed E-state index contributed by atoms with van der Waals surface area (Å²) in [6.45, 7) is 8.46. The van der Waals surface area contributed by atoms with Gasteiger partial charge in [-0.1, -0.05) is 41.9 Å². The number of aromatic nitrogens is 1. The Morgan fingerprint density at radius 3 is 2.84 bits per heavy atom. The van der Waals surface area contributed by atoms with E-state index in [9.17, 15) is 0 Å². The van der Waals surface area contributed by atoms with Crippen molar-refractivity contribution < 1.29 is 0 Å². The summed E-state index contributed by atoms with van der Waals surface area (Å²) in [5, 5.41) is 4.60. The lowest BCUT2D eigenvalue weighted by Crippen LogP contribution is -2.18. The molecule has 0 saturated carbocycles. The number of nitrogens with one attached hydrogen (secondary N) is 1. The van der Waals surface area contributed by atoms with Crippen LogP contribution in [-0.4, -0.2) is 11.5 Å². The minimum absolute atomic E-state index is 0.672. The monoisotopic (exact) mass is 338 g/mol. The van der Waals surface area contributed by atoms with Gasteiger partial charge < -0.3 is 5.32 Å². The first-order chi connectivity index (χ1) is 9.06. The summed E-state index contributed by atoms with van der Waals surface area (Å²) in [5.74, 6) is 0.672. The number of benzene rings is 1. The lowest BCUT2D eigenvalue weighted by atomic mass is 10.1. The maximum absolute atomic E-state index is 4.75. The third kappa shape index (κ3) is 4.13. The van der Waals surface area contributed by atoms with Gasteiger partial charge in [0.05, 0.1) is 5.69 Å². The van der Waals surface area contributed by atoms with E-state index in [4.69, 9.17) is 4.98 Å². The van der Waals surface area contributed by atoms with Gasteiger partial charge in [0.1, 0.15) is 5.01 Å². The van der Waals surface area contributed by atoms with E-state index < -0.39 is 0 Å². The van der Waals surface area contributed by atoms with Crippen LogP contribution in [-0.2, 0) is 6.54 Å². The fourth-order valence-electron chi connectivity index (χ4n) is 1.90. The molecule has 1 N–H and O–H groups in total. The maximum atomic E-state index is 4.75. The Bertz CT molecular complexity index is 549. The van der Waals surface area contributed by atoms with Gasteiger partial charge in [-0.2, -0.15) is 0 Å². The van der Waals surface area contributed by atoms with E-state index in [0.29, 0.717) is 5.92 Å². The van der Waals surface area contributed by atoms with Gasteiger partial charge in [-0.15, -0.1) is 11.3 Å². The van der Waals surface area contributed by atoms with Crippen LogP contribution in [0.3, 0.4) is 0 Å². The number of halogens is 1. The molecule has 0 atom stereocenters. The third-order valence-corrected chi connectivity index (χ3v) is 4.23. The Labute approximate surface area is 127 Å². The van der Waals surface area contributed by atoms with Crippen LogP contribution in [0.5, 0.6) is 0 Å². The average molecular weight is 339 g/mol. The highest BCUT2D eigenvalue weighted by Gasteiger charge is 2.09. The SMILES string of the molecule is Cc1sc(CNCC(C)C)nc1-c1cccc(Br)c1. The van der Waals surface area contributed by atoms with Crippen LogP contribution in [0.25, 0.3) is 11.3 Å². The molecule has 0 aliphatic heterocycles. The smallest absolute Gasteiger partial charge is 0.107 e. The molecule has 1 aromatic heterocycles. The quantitative estimate of drug-likeness (QED) is 0.859. The summed E-state index contributed by atoms with van der Waals surface area (Å²) in [7, 11) is 0. The molecule has 4 heteroatoms. The number of hydrogen-bond acceptors (Lipinski definition) is 3. The second kappa shape index (κ2) is 6.64. The summed E-state index contributed by atoms with van der Waals surface area (Å²) in [5.41, 5.74) is 2.28. The number of rotatable bonds is 5. The molecule has 0 radical (unpaired) electrons. The van der Waals surface area contributed by atoms with E-state index >= 15 is 0 Å². The molecule has 102 valence electrons. The average Bonchev–Trinajstić information content (AvgIpc) is 2.70. The number of thiazole rings is 1. The van der Waals surface area contributed by atoms with E-state index in [1.165, 1.54) is 10.4 Å². The van der Waals surface area contributed by atoms with Gasteiger partial charge in [0, 0.05) is 21.5 Å². The normalized spacial score (nSPS) is 11.2. The predicted octanol–water partition coefficient (Wildman–Crippen LogP) is 4.63. The Kier molecular flexibility index (Phi) is 5.13. The highest BCUT2D eigenvalue weighted by Crippen LogP contribution is 2.29. The first-order valence-electron chi connectivity index (χ1n) is 6.49. The van der Waals surface area contributed by atoms with E-state index in [0.717, 1.165) is 28.3 Å². The zero-order valence-electron chi connectivity index (χ0n) is 11.5. The molecule has 1 heterocycles. The van der Waals surface area contributed by atoms with Crippen molar-refractivity contribution in [3.8, 4) is 11.3 Å². The van der Waals surface area contributed by atoms with Gasteiger partial charge in [0.2, 0.25) is 0 Å². The van der Waals surface area contributed by atoms with Crippen molar-refractivity contribution in [2.75, 3.05) is 6.54 Å². The second-order valence-corrected chi connectivity index (χ2v) is 7.25. The minimum atomic E-state index is 0.672. The molecule has 0 fully saturated rings. The first kappa shape index (κ1) is 14.7. The van der Waals surface area contributed by atoms with Crippen molar-refractivity contribution in [2.45, 2.75) is 27.3 Å². The van der Waals surface area contributed by atoms with Gasteiger partial charge in [0.25, 0.3) is 0 Å². The van der Waals surface area contributed by atoms with E-state index in [1.807, 2.05) is 6.07 Å². The van der Waals surface area contributed by atoms with E-state index in [2.05, 4.69) is 60.2 Å². The van der Waals surface area contributed by atoms with Crippen molar-refractivity contribution in [3.63, 3.8) is 0 Å². The molecule has 2 aromatic rings. The molecular weight excluding hydrogens is 320 g/mol. The molecule has 0 aliphatic carbocycles. The van der Waals surface area contributed by atoms with Crippen molar-refractivity contribution in [3.05, 3.63) is 38.6 Å². The Morgan fingerprint density at radius 2 is 2.16 bits per heavy atom. The van der Waals surface area contributed by atoms with Crippen LogP contribution in [0.2, 0.25) is 0 Å². The number of aryl methyl sites for hydroxylation is 1. The zero-order chi connectivity index (χ0) is 13.8. The maximum Gasteiger partial charge on any atom is 0.107 e. The Morgan fingerprint density at radius 1 is 1.37 bits per heavy atom. The zero-order valence-corrected chi connectivity index (χ0v) is 13.9. The summed E-state index contributed by atoms with van der Waals surface area (Å²) >= 11 is 5.29. The fraction of sp³-hybridized carbons (Fsp3) is 0.400. The molecule has 0 amide bonds. The molecule has 0 saturated heterocycles. The number of nitrogens with zero attached hydrogens (tertiary/aromatic N) is 1. The molecule has 19 heavy (non-hydrogen) atoms. The van der Waals surface area contributed by atoms with Crippen molar-refractivity contribution in [1.29, 1.82) is 0 Å². The summed E-state index contributed by atoms with van der Waals surface area (Å²) in [4.78, 5) is 6.03. The molecule has 2 rings (SSSR count). The topological polar surface area (TPSA) is 24.9 Å². The molecule has 1 aromatic carbocycles. The van der Waals surface area contributed by atoms with Crippen LogP contribution in [0.15, 0.2) is 28.7 Å². The minimum Gasteiger partial charge on any atom is -0.310 e. The molecule has 2 nitrogen and oxygen atoms in total. The van der Waals surface area contributed by atoms with Crippen molar-refractivity contribution in [1.82, 2.24) is 10.3 Å². The van der Waals surface area contributed by atoms with Gasteiger partial charge in [-0.05, 0) is 31.5 Å². The first-order valence-corrected chi connectivity index (χ1v) is 8.10. The standard InChI is InChI=1S/C15H19BrN2S/c1-10(2)8-17-9-14-18-15(11(3)19-14)12-5-4-6-13(16)7-12/h4-7,10,17H,8-9H2,1-3H3. The molecule has 0 aliphatic rings. The largest absolute Gasteiger partial charge is 0.310 e. The highest BCUT2D eigenvalue weighted by molar-refractivity contribution is 9.10. The summed E-state index contributed by atoms with van der Waals surface area (Å²) in [6.07, 6.45) is 0. The van der Waals surface area contributed by atoms with E-state index in [1.54, 1.807) is 11.3 Å². The number of hydrogen-bond donors (Lipinski definition) is 1. The summed E-state index contributed by atoms with van der Waals surface area (Å²) in [6, 6.07) is 8.32. The van der Waals surface area contributed by atoms with Crippen molar-refractivity contribution in [2.24, 2.45) is 5.92 Å². The van der Waals surface area contributed by atoms with Crippen molar-refractivity contribution >= 4 is 27.3 Å². The third-order valence-electron chi connectivity index (χ3n) is 2.77. The van der Waals surface area contributed by atoms with Crippen LogP contribution < -0.4 is 5.32 Å². The molecule has 0 unspecified atom stereocenters. The van der Waals surface area contributed by atoms with Crippen LogP contribution in [0.4, 0.5) is 0 Å². The molecular formula is C15H19BrN2S.